The van der Waals surface area contributed by atoms with Gasteiger partial charge in [-0.05, 0) is 36.8 Å². The van der Waals surface area contributed by atoms with E-state index in [1.165, 1.54) is 10.4 Å². The third-order valence-corrected chi connectivity index (χ3v) is 4.19. The molecule has 0 aliphatic heterocycles. The van der Waals surface area contributed by atoms with Crippen LogP contribution in [0, 0.1) is 11.3 Å². The van der Waals surface area contributed by atoms with Gasteiger partial charge in [0.2, 0.25) is 0 Å². The highest BCUT2D eigenvalue weighted by Crippen LogP contribution is 2.20. The average Bonchev–Trinajstić information content (AvgIpc) is 2.84. The van der Waals surface area contributed by atoms with Crippen LogP contribution >= 0.6 is 27.3 Å². The second-order valence-corrected chi connectivity index (χ2v) is 6.12. The van der Waals surface area contributed by atoms with E-state index in [1.807, 2.05) is 24.3 Å². The van der Waals surface area contributed by atoms with Gasteiger partial charge in [0, 0.05) is 21.9 Å². The van der Waals surface area contributed by atoms with Gasteiger partial charge in [-0.25, -0.2) is 0 Å². The quantitative estimate of drug-likeness (QED) is 0.914. The van der Waals surface area contributed by atoms with Crippen molar-refractivity contribution >= 4 is 27.3 Å². The van der Waals surface area contributed by atoms with Crippen molar-refractivity contribution in [3.05, 3.63) is 56.2 Å². The van der Waals surface area contributed by atoms with Crippen molar-refractivity contribution in [3.63, 3.8) is 0 Å². The van der Waals surface area contributed by atoms with E-state index in [2.05, 4.69) is 46.4 Å². The van der Waals surface area contributed by atoms with Crippen molar-refractivity contribution in [3.8, 4) is 6.07 Å². The Morgan fingerprint density at radius 2 is 2.22 bits per heavy atom. The van der Waals surface area contributed by atoms with Crippen LogP contribution in [-0.4, -0.2) is 0 Å². The van der Waals surface area contributed by atoms with E-state index in [-0.39, 0.29) is 6.04 Å². The zero-order chi connectivity index (χ0) is 13.0. The molecule has 0 saturated carbocycles. The number of nitrogens with zero attached hydrogens (tertiary/aromatic N) is 1. The summed E-state index contributed by atoms with van der Waals surface area (Å²) in [6.45, 7) is 2.93. The predicted octanol–water partition coefficient (Wildman–Crippen LogP) is 4.23. The van der Waals surface area contributed by atoms with Crippen molar-refractivity contribution < 1.29 is 0 Å². The van der Waals surface area contributed by atoms with E-state index in [0.29, 0.717) is 0 Å². The second kappa shape index (κ2) is 6.14. The lowest BCUT2D eigenvalue weighted by molar-refractivity contribution is 0.578. The third-order valence-electron chi connectivity index (χ3n) is 2.70. The summed E-state index contributed by atoms with van der Waals surface area (Å²) in [5, 5.41) is 12.2. The zero-order valence-corrected chi connectivity index (χ0v) is 12.4. The van der Waals surface area contributed by atoms with Gasteiger partial charge in [0.1, 0.15) is 10.9 Å². The molecule has 92 valence electrons. The van der Waals surface area contributed by atoms with Crippen LogP contribution in [0.5, 0.6) is 0 Å². The molecule has 18 heavy (non-hydrogen) atoms. The maximum atomic E-state index is 8.77. The van der Waals surface area contributed by atoms with Crippen LogP contribution < -0.4 is 5.32 Å². The first-order chi connectivity index (χ1) is 8.69. The molecule has 1 aromatic carbocycles. The van der Waals surface area contributed by atoms with Crippen molar-refractivity contribution in [1.82, 2.24) is 5.32 Å². The molecular formula is C14H13BrN2S. The Morgan fingerprint density at radius 3 is 2.89 bits per heavy atom. The smallest absolute Gasteiger partial charge is 0.110 e. The molecule has 1 atom stereocenters. The van der Waals surface area contributed by atoms with Crippen molar-refractivity contribution in [2.24, 2.45) is 0 Å². The number of rotatable bonds is 4. The SMILES string of the molecule is CC(NCc1ccc(C#N)s1)c1cccc(Br)c1. The lowest BCUT2D eigenvalue weighted by Gasteiger charge is -2.13. The number of benzene rings is 1. The number of hydrogen-bond acceptors (Lipinski definition) is 3. The number of halogens is 1. The van der Waals surface area contributed by atoms with Crippen molar-refractivity contribution in [2.45, 2.75) is 19.5 Å². The lowest BCUT2D eigenvalue weighted by atomic mass is 10.1. The minimum Gasteiger partial charge on any atom is -0.305 e. The molecular weight excluding hydrogens is 308 g/mol. The van der Waals surface area contributed by atoms with E-state index in [9.17, 15) is 0 Å². The van der Waals surface area contributed by atoms with Gasteiger partial charge in [-0.3, -0.25) is 0 Å². The summed E-state index contributed by atoms with van der Waals surface area (Å²) in [5.74, 6) is 0. The summed E-state index contributed by atoms with van der Waals surface area (Å²) in [4.78, 5) is 1.95. The molecule has 2 rings (SSSR count). The molecule has 0 fully saturated rings. The molecule has 0 bridgehead atoms. The molecule has 1 heterocycles. The Hall–Kier alpha value is -1.15. The van der Waals surface area contributed by atoms with Gasteiger partial charge >= 0.3 is 0 Å². The first-order valence-corrected chi connectivity index (χ1v) is 7.27. The standard InChI is InChI=1S/C14H13BrN2S/c1-10(11-3-2-4-12(15)7-11)17-9-14-6-5-13(8-16)18-14/h2-7,10,17H,9H2,1H3. The number of nitrogens with one attached hydrogen (secondary N) is 1. The molecule has 1 unspecified atom stereocenters. The van der Waals surface area contributed by atoms with Crippen LogP contribution in [0.3, 0.4) is 0 Å². The fourth-order valence-electron chi connectivity index (χ4n) is 1.68. The van der Waals surface area contributed by atoms with Crippen LogP contribution in [-0.2, 0) is 6.54 Å². The van der Waals surface area contributed by atoms with Crippen LogP contribution in [0.25, 0.3) is 0 Å². The topological polar surface area (TPSA) is 35.8 Å². The summed E-state index contributed by atoms with van der Waals surface area (Å²) in [7, 11) is 0. The Bertz CT molecular complexity index is 571. The van der Waals surface area contributed by atoms with Gasteiger partial charge in [-0.15, -0.1) is 11.3 Å². The minimum absolute atomic E-state index is 0.287. The molecule has 1 N–H and O–H groups in total. The Kier molecular flexibility index (Phi) is 4.54. The van der Waals surface area contributed by atoms with Gasteiger partial charge in [0.05, 0.1) is 0 Å². The van der Waals surface area contributed by atoms with E-state index >= 15 is 0 Å². The third kappa shape index (κ3) is 3.42. The molecule has 0 aliphatic rings. The monoisotopic (exact) mass is 320 g/mol. The van der Waals surface area contributed by atoms with Crippen LogP contribution in [0.1, 0.15) is 28.3 Å². The van der Waals surface area contributed by atoms with Gasteiger partial charge in [0.15, 0.2) is 0 Å². The Balaban J connectivity index is 1.96. The van der Waals surface area contributed by atoms with Gasteiger partial charge in [-0.2, -0.15) is 5.26 Å². The maximum Gasteiger partial charge on any atom is 0.110 e. The largest absolute Gasteiger partial charge is 0.305 e. The van der Waals surface area contributed by atoms with Crippen molar-refractivity contribution in [1.29, 1.82) is 5.26 Å². The molecule has 1 aromatic heterocycles. The van der Waals surface area contributed by atoms with Gasteiger partial charge < -0.3 is 5.32 Å². The molecule has 0 saturated heterocycles. The lowest BCUT2D eigenvalue weighted by Crippen LogP contribution is -2.17. The van der Waals surface area contributed by atoms with E-state index < -0.39 is 0 Å². The fourth-order valence-corrected chi connectivity index (χ4v) is 2.85. The highest BCUT2D eigenvalue weighted by atomic mass is 79.9. The molecule has 0 aliphatic carbocycles. The first-order valence-electron chi connectivity index (χ1n) is 5.66. The number of nitriles is 1. The second-order valence-electron chi connectivity index (χ2n) is 4.04. The molecule has 0 amide bonds. The summed E-state index contributed by atoms with van der Waals surface area (Å²) in [6.07, 6.45) is 0. The van der Waals surface area contributed by atoms with Crippen molar-refractivity contribution in [2.75, 3.05) is 0 Å². The number of hydrogen-bond donors (Lipinski definition) is 1. The molecule has 2 aromatic rings. The number of thiophene rings is 1. The van der Waals surface area contributed by atoms with Gasteiger partial charge in [0.25, 0.3) is 0 Å². The van der Waals surface area contributed by atoms with Crippen LogP contribution in [0.2, 0.25) is 0 Å². The summed E-state index contributed by atoms with van der Waals surface area (Å²) in [5.41, 5.74) is 1.25. The zero-order valence-electron chi connectivity index (χ0n) is 9.98. The average molecular weight is 321 g/mol. The minimum atomic E-state index is 0.287. The summed E-state index contributed by atoms with van der Waals surface area (Å²) in [6, 6.07) is 14.6. The first kappa shape index (κ1) is 13.3. The fraction of sp³-hybridized carbons (Fsp3) is 0.214. The van der Waals surface area contributed by atoms with Gasteiger partial charge in [-0.1, -0.05) is 28.1 Å². The van der Waals surface area contributed by atoms with Crippen LogP contribution in [0.4, 0.5) is 0 Å². The highest BCUT2D eigenvalue weighted by Gasteiger charge is 2.06. The molecule has 2 nitrogen and oxygen atoms in total. The molecule has 4 heteroatoms. The van der Waals surface area contributed by atoms with Crippen LogP contribution in [0.15, 0.2) is 40.9 Å². The Morgan fingerprint density at radius 1 is 1.39 bits per heavy atom. The van der Waals surface area contributed by atoms with E-state index in [0.717, 1.165) is 15.9 Å². The summed E-state index contributed by atoms with van der Waals surface area (Å²) < 4.78 is 1.09. The normalized spacial score (nSPS) is 12.1. The summed E-state index contributed by atoms with van der Waals surface area (Å²) >= 11 is 5.02. The van der Waals surface area contributed by atoms with E-state index in [1.54, 1.807) is 11.3 Å². The predicted molar refractivity (Wildman–Crippen MR) is 78.4 cm³/mol. The Labute approximate surface area is 119 Å². The van der Waals surface area contributed by atoms with E-state index in [4.69, 9.17) is 5.26 Å². The highest BCUT2D eigenvalue weighted by molar-refractivity contribution is 9.10. The molecule has 0 spiro atoms. The molecule has 0 radical (unpaired) electrons. The maximum absolute atomic E-state index is 8.77.